The van der Waals surface area contributed by atoms with Crippen molar-refractivity contribution in [1.82, 2.24) is 0 Å². The Morgan fingerprint density at radius 2 is 1.46 bits per heavy atom. The maximum atomic E-state index is 8.02. The molecule has 0 fully saturated rings. The molecule has 1 N–H and O–H groups in total. The molecule has 26 heavy (non-hydrogen) atoms. The highest BCUT2D eigenvalue weighted by atomic mass is 14.4. The molecular formula is C25H29N. The zero-order valence-corrected chi connectivity index (χ0v) is 17.0. The van der Waals surface area contributed by atoms with E-state index in [9.17, 15) is 0 Å². The molecule has 1 atom stereocenters. The summed E-state index contributed by atoms with van der Waals surface area (Å²) in [6.45, 7) is 15.5. The van der Waals surface area contributed by atoms with Crippen molar-refractivity contribution in [2.24, 2.45) is 5.92 Å². The van der Waals surface area contributed by atoms with E-state index in [1.54, 1.807) is 0 Å². The average molecular weight is 344 g/mol. The molecule has 134 valence electrons. The van der Waals surface area contributed by atoms with Gasteiger partial charge in [0, 0.05) is 17.7 Å². The maximum absolute atomic E-state index is 8.02. The van der Waals surface area contributed by atoms with Crippen LogP contribution in [-0.4, -0.2) is 6.21 Å². The normalized spacial score (nSPS) is 17.3. The zero-order valence-electron chi connectivity index (χ0n) is 17.0. The predicted octanol–water partition coefficient (Wildman–Crippen LogP) is 7.04. The van der Waals surface area contributed by atoms with E-state index in [2.05, 4.69) is 78.8 Å². The monoisotopic (exact) mass is 343 g/mol. The first-order valence-electron chi connectivity index (χ1n) is 9.38. The topological polar surface area (TPSA) is 23.9 Å². The first-order valence-corrected chi connectivity index (χ1v) is 9.38. The van der Waals surface area contributed by atoms with Crippen molar-refractivity contribution in [1.29, 1.82) is 5.41 Å². The minimum atomic E-state index is 0.390. The van der Waals surface area contributed by atoms with Gasteiger partial charge in [-0.1, -0.05) is 48.4 Å². The molecule has 2 aromatic rings. The lowest BCUT2D eigenvalue weighted by Gasteiger charge is -2.22. The first-order chi connectivity index (χ1) is 12.3. The fourth-order valence-corrected chi connectivity index (χ4v) is 4.57. The third-order valence-corrected chi connectivity index (χ3v) is 6.11. The number of hydrogen-bond acceptors (Lipinski definition) is 1. The lowest BCUT2D eigenvalue weighted by Crippen LogP contribution is -2.04. The van der Waals surface area contributed by atoms with Gasteiger partial charge in [-0.15, -0.1) is 0 Å². The lowest BCUT2D eigenvalue weighted by atomic mass is 9.82. The maximum Gasteiger partial charge on any atom is 0.0256 e. The van der Waals surface area contributed by atoms with Gasteiger partial charge in [-0.3, -0.25) is 0 Å². The van der Waals surface area contributed by atoms with Crippen LogP contribution in [0, 0.1) is 32.1 Å². The Bertz CT molecular complexity index is 947. The Hall–Kier alpha value is -2.41. The van der Waals surface area contributed by atoms with Gasteiger partial charge in [0.1, 0.15) is 0 Å². The number of benzene rings is 2. The standard InChI is InChI=1S/C25H29N/c1-14-11-15(2)23(16(3)12-14)22-10-8-9-21(13-26)25(22)24-19(6)17(4)18(5)20(24)7/h8-13,19,26H,1-7H3. The summed E-state index contributed by atoms with van der Waals surface area (Å²) in [5.41, 5.74) is 14.3. The molecule has 1 aliphatic rings. The van der Waals surface area contributed by atoms with Crippen LogP contribution in [-0.2, 0) is 0 Å². The van der Waals surface area contributed by atoms with E-state index in [-0.39, 0.29) is 0 Å². The Balaban J connectivity index is 2.38. The van der Waals surface area contributed by atoms with E-state index >= 15 is 0 Å². The molecule has 0 saturated carbocycles. The van der Waals surface area contributed by atoms with E-state index in [4.69, 9.17) is 5.41 Å². The average Bonchev–Trinajstić information content (AvgIpc) is 2.77. The van der Waals surface area contributed by atoms with Crippen LogP contribution >= 0.6 is 0 Å². The van der Waals surface area contributed by atoms with Crippen molar-refractivity contribution in [2.45, 2.75) is 48.5 Å². The molecule has 0 radical (unpaired) electrons. The predicted molar refractivity (Wildman–Crippen MR) is 114 cm³/mol. The van der Waals surface area contributed by atoms with Gasteiger partial charge in [0.25, 0.3) is 0 Å². The molecule has 2 aromatic carbocycles. The highest BCUT2D eigenvalue weighted by Crippen LogP contribution is 2.46. The molecule has 3 rings (SSSR count). The number of aryl methyl sites for hydroxylation is 3. The molecule has 0 heterocycles. The highest BCUT2D eigenvalue weighted by Gasteiger charge is 2.28. The molecule has 1 nitrogen and oxygen atoms in total. The molecule has 0 aliphatic heterocycles. The van der Waals surface area contributed by atoms with Gasteiger partial charge in [-0.25, -0.2) is 0 Å². The van der Waals surface area contributed by atoms with Crippen molar-refractivity contribution in [2.75, 3.05) is 0 Å². The second-order valence-corrected chi connectivity index (χ2v) is 7.76. The van der Waals surface area contributed by atoms with Gasteiger partial charge in [-0.2, -0.15) is 0 Å². The molecule has 0 amide bonds. The molecular weight excluding hydrogens is 314 g/mol. The van der Waals surface area contributed by atoms with Crippen LogP contribution in [0.1, 0.15) is 55.5 Å². The summed E-state index contributed by atoms with van der Waals surface area (Å²) < 4.78 is 0. The molecule has 0 aromatic heterocycles. The third-order valence-electron chi connectivity index (χ3n) is 6.11. The van der Waals surface area contributed by atoms with Crippen molar-refractivity contribution < 1.29 is 0 Å². The summed E-state index contributed by atoms with van der Waals surface area (Å²) in [6, 6.07) is 10.9. The van der Waals surface area contributed by atoms with Crippen LogP contribution in [0.2, 0.25) is 0 Å². The lowest BCUT2D eigenvalue weighted by molar-refractivity contribution is 0.895. The number of hydrogen-bond donors (Lipinski definition) is 1. The highest BCUT2D eigenvalue weighted by molar-refractivity contribution is 5.97. The minimum absolute atomic E-state index is 0.390. The fraction of sp³-hybridized carbons (Fsp3) is 0.320. The van der Waals surface area contributed by atoms with Crippen LogP contribution in [0.5, 0.6) is 0 Å². The van der Waals surface area contributed by atoms with Crippen LogP contribution in [0.3, 0.4) is 0 Å². The Morgan fingerprint density at radius 3 is 1.96 bits per heavy atom. The summed E-state index contributed by atoms with van der Waals surface area (Å²) in [6.07, 6.45) is 1.51. The van der Waals surface area contributed by atoms with E-state index in [0.29, 0.717) is 5.92 Å². The van der Waals surface area contributed by atoms with E-state index < -0.39 is 0 Å². The van der Waals surface area contributed by atoms with E-state index in [1.807, 2.05) is 0 Å². The van der Waals surface area contributed by atoms with Crippen molar-refractivity contribution in [3.8, 4) is 11.1 Å². The Labute approximate surface area is 158 Å². The van der Waals surface area contributed by atoms with E-state index in [1.165, 1.54) is 61.9 Å². The zero-order chi connectivity index (χ0) is 19.2. The number of nitrogens with one attached hydrogen (secondary N) is 1. The smallest absolute Gasteiger partial charge is 0.0256 e. The quantitative estimate of drug-likeness (QED) is 0.578. The number of rotatable bonds is 3. The van der Waals surface area contributed by atoms with Crippen molar-refractivity contribution >= 4 is 11.8 Å². The van der Waals surface area contributed by atoms with Crippen LogP contribution in [0.4, 0.5) is 0 Å². The third kappa shape index (κ3) is 2.76. The summed E-state index contributed by atoms with van der Waals surface area (Å²) in [7, 11) is 0. The van der Waals surface area contributed by atoms with Gasteiger partial charge < -0.3 is 5.41 Å². The molecule has 1 aliphatic carbocycles. The Morgan fingerprint density at radius 1 is 0.846 bits per heavy atom. The SMILES string of the molecule is CC1=C(C)C(C)C(c2c(C=N)cccc2-c2c(C)cc(C)cc2C)=C1C. The van der Waals surface area contributed by atoms with Gasteiger partial charge in [0.2, 0.25) is 0 Å². The van der Waals surface area contributed by atoms with Crippen molar-refractivity contribution in [3.05, 3.63) is 74.9 Å². The molecule has 0 spiro atoms. The van der Waals surface area contributed by atoms with Gasteiger partial charge in [0.15, 0.2) is 0 Å². The summed E-state index contributed by atoms with van der Waals surface area (Å²) >= 11 is 0. The van der Waals surface area contributed by atoms with Crippen LogP contribution in [0.15, 0.2) is 47.1 Å². The molecule has 0 saturated heterocycles. The van der Waals surface area contributed by atoms with Crippen LogP contribution in [0.25, 0.3) is 16.7 Å². The second kappa shape index (κ2) is 6.72. The fourth-order valence-electron chi connectivity index (χ4n) is 4.57. The number of allylic oxidation sites excluding steroid dienone is 4. The Kier molecular flexibility index (Phi) is 4.75. The van der Waals surface area contributed by atoms with Crippen LogP contribution < -0.4 is 0 Å². The van der Waals surface area contributed by atoms with E-state index in [0.717, 1.165) is 5.56 Å². The van der Waals surface area contributed by atoms with Gasteiger partial charge >= 0.3 is 0 Å². The summed E-state index contributed by atoms with van der Waals surface area (Å²) in [4.78, 5) is 0. The summed E-state index contributed by atoms with van der Waals surface area (Å²) in [5, 5.41) is 8.02. The summed E-state index contributed by atoms with van der Waals surface area (Å²) in [5.74, 6) is 0.390. The largest absolute Gasteiger partial charge is 0.308 e. The minimum Gasteiger partial charge on any atom is -0.308 e. The van der Waals surface area contributed by atoms with Gasteiger partial charge in [0.05, 0.1) is 0 Å². The van der Waals surface area contributed by atoms with Crippen molar-refractivity contribution in [3.63, 3.8) is 0 Å². The van der Waals surface area contributed by atoms with Gasteiger partial charge in [-0.05, 0) is 86.1 Å². The molecule has 1 unspecified atom stereocenters. The first kappa shape index (κ1) is 18.4. The molecule has 0 bridgehead atoms. The molecule has 1 heteroatoms. The second-order valence-electron chi connectivity index (χ2n) is 7.76.